The second-order valence-electron chi connectivity index (χ2n) is 6.52. The second kappa shape index (κ2) is 7.86. The molecule has 0 bridgehead atoms. The molecule has 1 aliphatic heterocycles. The van der Waals surface area contributed by atoms with Crippen molar-refractivity contribution in [3.8, 4) is 5.75 Å². The van der Waals surface area contributed by atoms with E-state index in [-0.39, 0.29) is 5.91 Å². The van der Waals surface area contributed by atoms with Gasteiger partial charge in [-0.3, -0.25) is 4.79 Å². The van der Waals surface area contributed by atoms with E-state index in [4.69, 9.17) is 16.3 Å². The summed E-state index contributed by atoms with van der Waals surface area (Å²) in [6.45, 7) is 1.62. The maximum absolute atomic E-state index is 12.5. The van der Waals surface area contributed by atoms with Crippen molar-refractivity contribution in [1.29, 1.82) is 0 Å². The molecule has 142 valence electrons. The highest BCUT2D eigenvalue weighted by Gasteiger charge is 2.18. The number of aromatic nitrogens is 2. The van der Waals surface area contributed by atoms with E-state index >= 15 is 0 Å². The minimum atomic E-state index is -0.295. The maximum Gasteiger partial charge on any atom is 0.258 e. The molecule has 0 saturated carbocycles. The molecule has 6 nitrogen and oxygen atoms in total. The van der Waals surface area contributed by atoms with Crippen LogP contribution in [0.25, 0.3) is 0 Å². The number of nitrogens with zero attached hydrogens (tertiary/aromatic N) is 3. The Morgan fingerprint density at radius 1 is 1.14 bits per heavy atom. The molecule has 3 aromatic rings. The molecule has 0 radical (unpaired) electrons. The van der Waals surface area contributed by atoms with E-state index < -0.39 is 0 Å². The largest absolute Gasteiger partial charge is 0.495 e. The number of nitrogens with one attached hydrogen (secondary N) is 1. The van der Waals surface area contributed by atoms with Crippen LogP contribution in [0.2, 0.25) is 5.02 Å². The SMILES string of the molecule is COc1ccc(NC(=O)c2cnc(N3CCc4ccccc4C3)nc2)cc1Cl. The van der Waals surface area contributed by atoms with Gasteiger partial charge in [0, 0.05) is 31.2 Å². The van der Waals surface area contributed by atoms with Crippen LogP contribution in [0.5, 0.6) is 5.75 Å². The Hall–Kier alpha value is -3.12. The van der Waals surface area contributed by atoms with Crippen molar-refractivity contribution in [2.45, 2.75) is 13.0 Å². The lowest BCUT2D eigenvalue weighted by Gasteiger charge is -2.28. The van der Waals surface area contributed by atoms with Gasteiger partial charge in [-0.1, -0.05) is 35.9 Å². The van der Waals surface area contributed by atoms with E-state index in [2.05, 4.69) is 38.4 Å². The number of carbonyl (C=O) groups is 1. The number of anilines is 2. The third-order valence-corrected chi connectivity index (χ3v) is 5.02. The van der Waals surface area contributed by atoms with Gasteiger partial charge in [0.05, 0.1) is 17.7 Å². The predicted molar refractivity (Wildman–Crippen MR) is 109 cm³/mol. The number of halogens is 1. The quantitative estimate of drug-likeness (QED) is 0.725. The number of hydrogen-bond acceptors (Lipinski definition) is 5. The Balaban J connectivity index is 1.44. The fourth-order valence-corrected chi connectivity index (χ4v) is 3.47. The molecular formula is C21H19ClN4O2. The van der Waals surface area contributed by atoms with Crippen LogP contribution in [0.3, 0.4) is 0 Å². The van der Waals surface area contributed by atoms with Crippen LogP contribution < -0.4 is 15.0 Å². The summed E-state index contributed by atoms with van der Waals surface area (Å²) >= 11 is 6.10. The number of carbonyl (C=O) groups excluding carboxylic acids is 1. The van der Waals surface area contributed by atoms with Gasteiger partial charge in [0.1, 0.15) is 5.75 Å². The number of amides is 1. The van der Waals surface area contributed by atoms with Crippen LogP contribution in [-0.4, -0.2) is 29.5 Å². The Kier molecular flexibility index (Phi) is 5.12. The smallest absolute Gasteiger partial charge is 0.258 e. The second-order valence-corrected chi connectivity index (χ2v) is 6.92. The lowest BCUT2D eigenvalue weighted by Crippen LogP contribution is -2.31. The summed E-state index contributed by atoms with van der Waals surface area (Å²) < 4.78 is 5.11. The highest BCUT2D eigenvalue weighted by molar-refractivity contribution is 6.32. The molecule has 0 atom stereocenters. The van der Waals surface area contributed by atoms with Gasteiger partial charge < -0.3 is 15.0 Å². The molecule has 2 aromatic carbocycles. The van der Waals surface area contributed by atoms with Crippen molar-refractivity contribution >= 4 is 29.1 Å². The van der Waals surface area contributed by atoms with Crippen molar-refractivity contribution in [2.75, 3.05) is 23.9 Å². The average molecular weight is 395 g/mol. The molecule has 1 amide bonds. The van der Waals surface area contributed by atoms with Gasteiger partial charge >= 0.3 is 0 Å². The van der Waals surface area contributed by atoms with Gasteiger partial charge in [0.25, 0.3) is 5.91 Å². The molecule has 7 heteroatoms. The van der Waals surface area contributed by atoms with Gasteiger partial charge in [0.2, 0.25) is 5.95 Å². The maximum atomic E-state index is 12.5. The number of ether oxygens (including phenoxy) is 1. The van der Waals surface area contributed by atoms with Crippen LogP contribution in [0.1, 0.15) is 21.5 Å². The summed E-state index contributed by atoms with van der Waals surface area (Å²) in [5, 5.41) is 3.22. The molecule has 1 N–H and O–H groups in total. The molecule has 0 saturated heterocycles. The summed E-state index contributed by atoms with van der Waals surface area (Å²) in [7, 11) is 1.54. The number of methoxy groups -OCH3 is 1. The highest BCUT2D eigenvalue weighted by Crippen LogP contribution is 2.27. The van der Waals surface area contributed by atoms with E-state index in [0.717, 1.165) is 19.5 Å². The molecule has 0 spiro atoms. The predicted octanol–water partition coefficient (Wildman–Crippen LogP) is 3.95. The number of rotatable bonds is 4. The van der Waals surface area contributed by atoms with E-state index in [0.29, 0.717) is 28.0 Å². The molecular weight excluding hydrogens is 376 g/mol. The minimum absolute atomic E-state index is 0.295. The van der Waals surface area contributed by atoms with Gasteiger partial charge in [0.15, 0.2) is 0 Å². The standard InChI is InChI=1S/C21H19ClN4O2/c1-28-19-7-6-17(10-18(19)22)25-20(27)16-11-23-21(24-12-16)26-9-8-14-4-2-3-5-15(14)13-26/h2-7,10-12H,8-9,13H2,1H3,(H,25,27). The third-order valence-electron chi connectivity index (χ3n) is 4.72. The first-order valence-corrected chi connectivity index (χ1v) is 9.30. The van der Waals surface area contributed by atoms with E-state index in [1.54, 1.807) is 37.7 Å². The van der Waals surface area contributed by atoms with E-state index in [1.807, 2.05) is 6.07 Å². The van der Waals surface area contributed by atoms with E-state index in [9.17, 15) is 4.79 Å². The van der Waals surface area contributed by atoms with Crippen LogP contribution in [0.15, 0.2) is 54.9 Å². The Labute approximate surface area is 168 Å². The first-order valence-electron chi connectivity index (χ1n) is 8.92. The molecule has 4 rings (SSSR count). The van der Waals surface area contributed by atoms with E-state index in [1.165, 1.54) is 11.1 Å². The van der Waals surface area contributed by atoms with Crippen molar-refractivity contribution in [3.05, 3.63) is 76.6 Å². The summed E-state index contributed by atoms with van der Waals surface area (Å²) in [4.78, 5) is 23.4. The lowest BCUT2D eigenvalue weighted by atomic mass is 10.0. The summed E-state index contributed by atoms with van der Waals surface area (Å²) in [5.41, 5.74) is 3.61. The zero-order valence-corrected chi connectivity index (χ0v) is 16.1. The van der Waals surface area contributed by atoms with Crippen LogP contribution in [0.4, 0.5) is 11.6 Å². The fraction of sp³-hybridized carbons (Fsp3) is 0.190. The van der Waals surface area contributed by atoms with Crippen LogP contribution in [0, 0.1) is 0 Å². The zero-order valence-electron chi connectivity index (χ0n) is 15.4. The normalized spacial score (nSPS) is 13.0. The third kappa shape index (κ3) is 3.77. The topological polar surface area (TPSA) is 67.3 Å². The number of hydrogen-bond donors (Lipinski definition) is 1. The Morgan fingerprint density at radius 3 is 2.61 bits per heavy atom. The van der Waals surface area contributed by atoms with Gasteiger partial charge in [-0.2, -0.15) is 0 Å². The van der Waals surface area contributed by atoms with Gasteiger partial charge in [-0.25, -0.2) is 9.97 Å². The highest BCUT2D eigenvalue weighted by atomic mass is 35.5. The van der Waals surface area contributed by atoms with Crippen LogP contribution in [-0.2, 0) is 13.0 Å². The lowest BCUT2D eigenvalue weighted by molar-refractivity contribution is 0.102. The Morgan fingerprint density at radius 2 is 1.89 bits per heavy atom. The van der Waals surface area contributed by atoms with Gasteiger partial charge in [-0.15, -0.1) is 0 Å². The van der Waals surface area contributed by atoms with Crippen molar-refractivity contribution < 1.29 is 9.53 Å². The Bertz CT molecular complexity index is 1010. The monoisotopic (exact) mass is 394 g/mol. The number of benzene rings is 2. The van der Waals surface area contributed by atoms with Crippen molar-refractivity contribution in [3.63, 3.8) is 0 Å². The first-order chi connectivity index (χ1) is 13.6. The van der Waals surface area contributed by atoms with Gasteiger partial charge in [-0.05, 0) is 35.7 Å². The van der Waals surface area contributed by atoms with Crippen LogP contribution >= 0.6 is 11.6 Å². The molecule has 0 aliphatic carbocycles. The summed E-state index contributed by atoms with van der Waals surface area (Å²) in [5.74, 6) is 0.880. The van der Waals surface area contributed by atoms with Crippen molar-refractivity contribution in [2.24, 2.45) is 0 Å². The summed E-state index contributed by atoms with van der Waals surface area (Å²) in [6, 6.07) is 13.5. The number of fused-ring (bicyclic) bond motifs is 1. The molecule has 28 heavy (non-hydrogen) atoms. The molecule has 0 unspecified atom stereocenters. The average Bonchev–Trinajstić information content (AvgIpc) is 2.73. The zero-order chi connectivity index (χ0) is 19.5. The summed E-state index contributed by atoms with van der Waals surface area (Å²) in [6.07, 6.45) is 4.05. The fourth-order valence-electron chi connectivity index (χ4n) is 3.22. The molecule has 0 fully saturated rings. The molecule has 2 heterocycles. The van der Waals surface area contributed by atoms with Crippen molar-refractivity contribution in [1.82, 2.24) is 9.97 Å². The minimum Gasteiger partial charge on any atom is -0.495 e. The molecule has 1 aliphatic rings. The molecule has 1 aromatic heterocycles. The first kappa shape index (κ1) is 18.3.